The molecule has 6 heteroatoms. The molecule has 6 nitrogen and oxygen atoms in total. The minimum atomic E-state index is 0.501. The monoisotopic (exact) mass is 730 g/mol. The number of para-hydroxylation sites is 4. The van der Waals surface area contributed by atoms with Crippen molar-refractivity contribution in [2.45, 2.75) is 6.92 Å². The fourth-order valence-electron chi connectivity index (χ4n) is 8.95. The summed E-state index contributed by atoms with van der Waals surface area (Å²) in [5.74, 6) is 0.727. The minimum Gasteiger partial charge on any atom is -0.454 e. The van der Waals surface area contributed by atoms with Gasteiger partial charge in [-0.05, 0) is 61.5 Å². The van der Waals surface area contributed by atoms with Crippen LogP contribution in [0.4, 0.5) is 0 Å². The van der Waals surface area contributed by atoms with Crippen LogP contribution < -0.4 is 0 Å². The number of benzene rings is 7. The summed E-state index contributed by atoms with van der Waals surface area (Å²) >= 11 is 0. The maximum absolute atomic E-state index is 10.9. The van der Waals surface area contributed by atoms with Crippen LogP contribution in [0.25, 0.3) is 111 Å². The molecule has 0 saturated heterocycles. The van der Waals surface area contributed by atoms with Crippen molar-refractivity contribution in [3.8, 4) is 34.6 Å². The molecule has 0 unspecified atom stereocenters. The number of furan rings is 2. The maximum Gasteiger partial charge on any atom is 0.160 e. The number of nitriles is 2. The normalized spacial score (nSPS) is 11.9. The number of hydrogen-bond donors (Lipinski definition) is 0. The molecule has 0 atom stereocenters. The summed E-state index contributed by atoms with van der Waals surface area (Å²) in [5.41, 5.74) is 11.0. The Kier molecular flexibility index (Phi) is 6.95. The topological polar surface area (TPSA) is 83.7 Å². The van der Waals surface area contributed by atoms with Crippen molar-refractivity contribution >= 4 is 88.7 Å². The van der Waals surface area contributed by atoms with Crippen molar-refractivity contribution in [3.05, 3.63) is 169 Å². The highest BCUT2D eigenvalue weighted by molar-refractivity contribution is 6.22. The van der Waals surface area contributed by atoms with E-state index in [1.54, 1.807) is 0 Å². The zero-order valence-corrected chi connectivity index (χ0v) is 30.7. The van der Waals surface area contributed by atoms with Crippen molar-refractivity contribution in [2.24, 2.45) is 0 Å². The van der Waals surface area contributed by atoms with E-state index < -0.39 is 0 Å². The third-order valence-electron chi connectivity index (χ3n) is 11.3. The molecule has 7 aromatic carbocycles. The Hall–Kier alpha value is -8.06. The maximum atomic E-state index is 10.9. The Morgan fingerprint density at radius 1 is 0.579 bits per heavy atom. The van der Waals surface area contributed by atoms with Gasteiger partial charge in [0.2, 0.25) is 0 Å². The van der Waals surface area contributed by atoms with Crippen LogP contribution in [0.5, 0.6) is 0 Å². The van der Waals surface area contributed by atoms with Gasteiger partial charge in [0.05, 0.1) is 50.6 Å². The summed E-state index contributed by atoms with van der Waals surface area (Å²) in [4.78, 5) is 0. The molecule has 0 aliphatic rings. The number of allylic oxidation sites excluding steroid dienone is 1. The lowest BCUT2D eigenvalue weighted by atomic mass is 9.96. The van der Waals surface area contributed by atoms with Gasteiger partial charge in [0.25, 0.3) is 0 Å². The van der Waals surface area contributed by atoms with Crippen LogP contribution in [-0.4, -0.2) is 9.13 Å². The van der Waals surface area contributed by atoms with Crippen molar-refractivity contribution in [3.63, 3.8) is 0 Å². The van der Waals surface area contributed by atoms with Crippen LogP contribution in [0.15, 0.2) is 155 Å². The van der Waals surface area contributed by atoms with Gasteiger partial charge < -0.3 is 18.0 Å². The molecule has 0 radical (unpaired) electrons. The van der Waals surface area contributed by atoms with Gasteiger partial charge in [0.15, 0.2) is 11.2 Å². The quantitative estimate of drug-likeness (QED) is 0.176. The Bertz CT molecular complexity index is 3650. The third kappa shape index (κ3) is 4.44. The first-order valence-electron chi connectivity index (χ1n) is 18.8. The zero-order chi connectivity index (χ0) is 38.4. The van der Waals surface area contributed by atoms with Crippen LogP contribution >= 0.6 is 0 Å². The first-order chi connectivity index (χ1) is 28.1. The number of aromatic nitrogens is 2. The largest absolute Gasteiger partial charge is 0.454 e. The van der Waals surface area contributed by atoms with E-state index in [4.69, 9.17) is 8.83 Å². The molecule has 11 rings (SSSR count). The SMILES string of the molecule is C=Cc1c(/C=C\C)oc2c1ccc1c3ccccc3n(-c3cc(C#N)ccc3-c3cccc(C#N)c3-n3c4ccccc4c4ccc5c6ccccc6oc5c43)c12. The van der Waals surface area contributed by atoms with Gasteiger partial charge in [-0.1, -0.05) is 104 Å². The summed E-state index contributed by atoms with van der Waals surface area (Å²) in [7, 11) is 0. The molecule has 0 N–H and O–H groups in total. The smallest absolute Gasteiger partial charge is 0.160 e. The van der Waals surface area contributed by atoms with E-state index in [0.717, 1.165) is 110 Å². The summed E-state index contributed by atoms with van der Waals surface area (Å²) in [5, 5.41) is 28.4. The predicted octanol–water partition coefficient (Wildman–Crippen LogP) is 13.6. The fraction of sp³-hybridized carbons (Fsp3) is 0.0196. The van der Waals surface area contributed by atoms with Gasteiger partial charge in [0.1, 0.15) is 17.4 Å². The van der Waals surface area contributed by atoms with Gasteiger partial charge in [-0.2, -0.15) is 10.5 Å². The minimum absolute atomic E-state index is 0.501. The fourth-order valence-corrected chi connectivity index (χ4v) is 8.95. The van der Waals surface area contributed by atoms with Crippen LogP contribution in [0.3, 0.4) is 0 Å². The molecule has 4 aromatic heterocycles. The van der Waals surface area contributed by atoms with Gasteiger partial charge in [-0.15, -0.1) is 0 Å². The lowest BCUT2D eigenvalue weighted by molar-refractivity contribution is 0.605. The average Bonchev–Trinajstić information content (AvgIpc) is 4.00. The molecule has 4 heterocycles. The van der Waals surface area contributed by atoms with E-state index in [1.807, 2.05) is 97.9 Å². The molecule has 266 valence electrons. The Balaban J connectivity index is 1.31. The van der Waals surface area contributed by atoms with E-state index in [9.17, 15) is 10.5 Å². The number of fused-ring (bicyclic) bond motifs is 12. The molecule has 0 fully saturated rings. The van der Waals surface area contributed by atoms with Crippen LogP contribution in [0, 0.1) is 22.7 Å². The summed E-state index contributed by atoms with van der Waals surface area (Å²) < 4.78 is 17.8. The van der Waals surface area contributed by atoms with Gasteiger partial charge in [-0.25, -0.2) is 0 Å². The van der Waals surface area contributed by atoms with Crippen LogP contribution in [0.1, 0.15) is 29.4 Å². The van der Waals surface area contributed by atoms with Gasteiger partial charge >= 0.3 is 0 Å². The Morgan fingerprint density at radius 3 is 1.95 bits per heavy atom. The van der Waals surface area contributed by atoms with Crippen LogP contribution in [0.2, 0.25) is 0 Å². The Labute approximate surface area is 326 Å². The van der Waals surface area contributed by atoms with E-state index in [0.29, 0.717) is 11.1 Å². The standard InChI is InChI=1S/C51H30N4O2/c1-3-12-45-32(4-2)40-25-23-38-33-14-5-8-18-42(33)54(48(38)50(40)56-45)44-27-30(28-52)21-22-35(44)37-17-11-13-31(29-53)47(37)55-43-19-9-6-15-34(43)39-24-26-41-36-16-7-10-20-46(36)57-51(41)49(39)55/h3-27H,2H2,1H3/b12-3-. The molecule has 11 aromatic rings. The number of nitrogens with zero attached hydrogens (tertiary/aromatic N) is 4. The van der Waals surface area contributed by atoms with Crippen molar-refractivity contribution in [1.29, 1.82) is 10.5 Å². The zero-order valence-electron chi connectivity index (χ0n) is 30.7. The van der Waals surface area contributed by atoms with Gasteiger partial charge in [0, 0.05) is 54.4 Å². The molecule has 0 spiro atoms. The molecule has 0 amide bonds. The molecule has 0 bridgehead atoms. The Morgan fingerprint density at radius 2 is 1.23 bits per heavy atom. The van der Waals surface area contributed by atoms with Crippen LogP contribution in [-0.2, 0) is 0 Å². The molecule has 57 heavy (non-hydrogen) atoms. The van der Waals surface area contributed by atoms with E-state index >= 15 is 0 Å². The first-order valence-corrected chi connectivity index (χ1v) is 18.8. The van der Waals surface area contributed by atoms with E-state index in [2.05, 4.69) is 88.5 Å². The van der Waals surface area contributed by atoms with E-state index in [1.165, 1.54) is 0 Å². The summed E-state index contributed by atoms with van der Waals surface area (Å²) in [6, 6.07) is 49.8. The number of rotatable bonds is 5. The van der Waals surface area contributed by atoms with E-state index in [-0.39, 0.29) is 0 Å². The highest BCUT2D eigenvalue weighted by atomic mass is 16.3. The average molecular weight is 731 g/mol. The molecule has 0 aliphatic carbocycles. The predicted molar refractivity (Wildman–Crippen MR) is 232 cm³/mol. The molecule has 0 aliphatic heterocycles. The highest BCUT2D eigenvalue weighted by Gasteiger charge is 2.26. The van der Waals surface area contributed by atoms with Crippen molar-refractivity contribution < 1.29 is 8.83 Å². The molecular formula is C51H30N4O2. The highest BCUT2D eigenvalue weighted by Crippen LogP contribution is 2.46. The molecule has 0 saturated carbocycles. The third-order valence-corrected chi connectivity index (χ3v) is 11.3. The number of hydrogen-bond acceptors (Lipinski definition) is 4. The summed E-state index contributed by atoms with van der Waals surface area (Å²) in [6.07, 6.45) is 5.76. The second-order valence-corrected chi connectivity index (χ2v) is 14.2. The first kappa shape index (κ1) is 32.4. The second kappa shape index (κ2) is 12.2. The van der Waals surface area contributed by atoms with Crippen molar-refractivity contribution in [2.75, 3.05) is 0 Å². The lowest BCUT2D eigenvalue weighted by Gasteiger charge is -2.20. The van der Waals surface area contributed by atoms with Gasteiger partial charge in [-0.3, -0.25) is 0 Å². The summed E-state index contributed by atoms with van der Waals surface area (Å²) in [6.45, 7) is 6.10. The lowest BCUT2D eigenvalue weighted by Crippen LogP contribution is -2.04. The second-order valence-electron chi connectivity index (χ2n) is 14.2. The van der Waals surface area contributed by atoms with Crippen molar-refractivity contribution in [1.82, 2.24) is 9.13 Å². The molecular weight excluding hydrogens is 701 g/mol.